The van der Waals surface area contributed by atoms with Crippen molar-refractivity contribution in [3.05, 3.63) is 43.4 Å². The van der Waals surface area contributed by atoms with Gasteiger partial charge in [0, 0.05) is 14.9 Å². The zero-order valence-electron chi connectivity index (χ0n) is 8.88. The summed E-state index contributed by atoms with van der Waals surface area (Å²) in [7, 11) is 1.93. The van der Waals surface area contributed by atoms with Crippen LogP contribution in [0.2, 0.25) is 4.34 Å². The van der Waals surface area contributed by atoms with Gasteiger partial charge in [0.2, 0.25) is 0 Å². The Bertz CT molecular complexity index is 474. The molecule has 0 saturated carbocycles. The Balaban J connectivity index is 2.36. The molecule has 2 aromatic heterocycles. The van der Waals surface area contributed by atoms with E-state index in [9.17, 15) is 0 Å². The minimum absolute atomic E-state index is 0.131. The molecule has 0 fully saturated rings. The van der Waals surface area contributed by atoms with Crippen LogP contribution in [0.1, 0.15) is 22.2 Å². The van der Waals surface area contributed by atoms with Crippen molar-refractivity contribution < 1.29 is 4.42 Å². The first kappa shape index (κ1) is 12.2. The van der Waals surface area contributed by atoms with Gasteiger partial charge in [0.1, 0.15) is 10.1 Å². The molecule has 0 aliphatic heterocycles. The zero-order valence-corrected chi connectivity index (χ0v) is 12.0. The number of furan rings is 1. The Morgan fingerprint density at radius 2 is 2.25 bits per heavy atom. The maximum absolute atomic E-state index is 6.04. The fourth-order valence-electron chi connectivity index (χ4n) is 1.59. The van der Waals surface area contributed by atoms with Crippen LogP contribution in [0.15, 0.2) is 27.3 Å². The summed E-state index contributed by atoms with van der Waals surface area (Å²) in [5.41, 5.74) is 1.12. The summed E-state index contributed by atoms with van der Waals surface area (Å²) in [6.07, 6.45) is 1.78. The van der Waals surface area contributed by atoms with Crippen molar-refractivity contribution in [2.24, 2.45) is 0 Å². The second kappa shape index (κ2) is 4.92. The predicted octanol–water partition coefficient (Wildman–Crippen LogP) is 4.37. The van der Waals surface area contributed by atoms with Gasteiger partial charge in [-0.3, -0.25) is 0 Å². The maximum atomic E-state index is 6.04. The average molecular weight is 321 g/mol. The van der Waals surface area contributed by atoms with Gasteiger partial charge in [0.15, 0.2) is 0 Å². The van der Waals surface area contributed by atoms with E-state index in [1.165, 1.54) is 4.88 Å². The van der Waals surface area contributed by atoms with Crippen LogP contribution in [0.25, 0.3) is 0 Å². The van der Waals surface area contributed by atoms with Crippen LogP contribution in [0, 0.1) is 6.92 Å². The van der Waals surface area contributed by atoms with E-state index >= 15 is 0 Å². The smallest absolute Gasteiger partial charge is 0.107 e. The predicted molar refractivity (Wildman–Crippen MR) is 71.4 cm³/mol. The van der Waals surface area contributed by atoms with Crippen LogP contribution < -0.4 is 5.32 Å². The number of hydrogen-bond acceptors (Lipinski definition) is 3. The molecule has 2 heterocycles. The molecular weight excluding hydrogens is 310 g/mol. The second-order valence-electron chi connectivity index (χ2n) is 3.48. The van der Waals surface area contributed by atoms with Crippen molar-refractivity contribution >= 4 is 38.9 Å². The molecule has 0 spiro atoms. The molecule has 2 aromatic rings. The van der Waals surface area contributed by atoms with Gasteiger partial charge >= 0.3 is 0 Å². The van der Waals surface area contributed by atoms with E-state index < -0.39 is 0 Å². The number of nitrogens with one attached hydrogen (secondary N) is 1. The molecule has 86 valence electrons. The molecular formula is C11H11BrClNOS. The molecule has 0 bridgehead atoms. The van der Waals surface area contributed by atoms with E-state index in [-0.39, 0.29) is 6.04 Å². The third-order valence-electron chi connectivity index (χ3n) is 2.32. The van der Waals surface area contributed by atoms with Crippen molar-refractivity contribution in [1.29, 1.82) is 0 Å². The highest BCUT2D eigenvalue weighted by atomic mass is 79.9. The second-order valence-corrected chi connectivity index (χ2v) is 6.02. The maximum Gasteiger partial charge on any atom is 0.107 e. The Morgan fingerprint density at radius 1 is 1.50 bits per heavy atom. The van der Waals surface area contributed by atoms with Gasteiger partial charge in [-0.1, -0.05) is 11.6 Å². The summed E-state index contributed by atoms with van der Waals surface area (Å²) >= 11 is 11.0. The van der Waals surface area contributed by atoms with Crippen LogP contribution in [-0.4, -0.2) is 7.05 Å². The molecule has 0 aliphatic rings. The zero-order chi connectivity index (χ0) is 11.7. The number of aryl methyl sites for hydroxylation is 1. The van der Waals surface area contributed by atoms with Gasteiger partial charge in [-0.15, -0.1) is 11.3 Å². The molecule has 1 unspecified atom stereocenters. The number of rotatable bonds is 3. The van der Waals surface area contributed by atoms with Crippen LogP contribution in [0.4, 0.5) is 0 Å². The molecule has 2 rings (SSSR count). The topological polar surface area (TPSA) is 25.2 Å². The molecule has 0 aromatic carbocycles. The molecule has 1 atom stereocenters. The minimum atomic E-state index is 0.131. The van der Waals surface area contributed by atoms with Crippen LogP contribution in [0.5, 0.6) is 0 Å². The fraction of sp³-hybridized carbons (Fsp3) is 0.273. The molecule has 1 N–H and O–H groups in total. The SMILES string of the molecule is CNC(c1coc(C)c1)c1cc(Br)c(Cl)s1. The highest BCUT2D eigenvalue weighted by Gasteiger charge is 2.17. The monoisotopic (exact) mass is 319 g/mol. The van der Waals surface area contributed by atoms with Crippen molar-refractivity contribution in [3.63, 3.8) is 0 Å². The average Bonchev–Trinajstić information content (AvgIpc) is 2.77. The van der Waals surface area contributed by atoms with E-state index in [1.807, 2.05) is 26.1 Å². The van der Waals surface area contributed by atoms with E-state index in [0.29, 0.717) is 0 Å². The molecule has 0 saturated heterocycles. The third kappa shape index (κ3) is 2.35. The van der Waals surface area contributed by atoms with Gasteiger partial charge in [0.05, 0.1) is 12.3 Å². The summed E-state index contributed by atoms with van der Waals surface area (Å²) in [4.78, 5) is 1.17. The highest BCUT2D eigenvalue weighted by molar-refractivity contribution is 9.10. The van der Waals surface area contributed by atoms with E-state index in [1.54, 1.807) is 17.6 Å². The third-order valence-corrected chi connectivity index (χ3v) is 4.86. The van der Waals surface area contributed by atoms with Gasteiger partial charge in [-0.25, -0.2) is 0 Å². The summed E-state index contributed by atoms with van der Waals surface area (Å²) < 4.78 is 7.04. The molecule has 0 aliphatic carbocycles. The number of halogens is 2. The van der Waals surface area contributed by atoms with Crippen molar-refractivity contribution in [3.8, 4) is 0 Å². The minimum Gasteiger partial charge on any atom is -0.469 e. The summed E-state index contributed by atoms with van der Waals surface area (Å²) in [5.74, 6) is 0.914. The first-order valence-corrected chi connectivity index (χ1v) is 6.77. The lowest BCUT2D eigenvalue weighted by molar-refractivity contribution is 0.528. The summed E-state index contributed by atoms with van der Waals surface area (Å²) in [6, 6.07) is 4.20. The Hall–Kier alpha value is -0.290. The lowest BCUT2D eigenvalue weighted by Gasteiger charge is -2.11. The Kier molecular flexibility index (Phi) is 3.74. The van der Waals surface area contributed by atoms with Crippen LogP contribution in [0.3, 0.4) is 0 Å². The van der Waals surface area contributed by atoms with Gasteiger partial charge in [-0.2, -0.15) is 0 Å². The molecule has 2 nitrogen and oxygen atoms in total. The van der Waals surface area contributed by atoms with E-state index in [4.69, 9.17) is 16.0 Å². The van der Waals surface area contributed by atoms with Gasteiger partial charge in [-0.05, 0) is 42.0 Å². The standard InChI is InChI=1S/C11H11BrClNOS/c1-6-3-7(5-15-6)10(14-2)9-4-8(12)11(13)16-9/h3-5,10,14H,1-2H3. The first-order valence-electron chi connectivity index (χ1n) is 4.79. The van der Waals surface area contributed by atoms with Gasteiger partial charge < -0.3 is 9.73 Å². The lowest BCUT2D eigenvalue weighted by Crippen LogP contribution is -2.15. The number of thiophene rings is 1. The van der Waals surface area contributed by atoms with Crippen LogP contribution in [-0.2, 0) is 0 Å². The molecule has 0 radical (unpaired) electrons. The Labute approximate surface area is 112 Å². The molecule has 5 heteroatoms. The highest BCUT2D eigenvalue weighted by Crippen LogP contribution is 2.37. The first-order chi connectivity index (χ1) is 7.61. The van der Waals surface area contributed by atoms with Crippen molar-refractivity contribution in [1.82, 2.24) is 5.32 Å². The normalized spacial score (nSPS) is 13.0. The quantitative estimate of drug-likeness (QED) is 0.908. The van der Waals surface area contributed by atoms with Crippen molar-refractivity contribution in [2.75, 3.05) is 7.05 Å². The van der Waals surface area contributed by atoms with E-state index in [0.717, 1.165) is 20.1 Å². The summed E-state index contributed by atoms with van der Waals surface area (Å²) in [5, 5.41) is 3.26. The Morgan fingerprint density at radius 3 is 2.69 bits per heavy atom. The van der Waals surface area contributed by atoms with Crippen molar-refractivity contribution in [2.45, 2.75) is 13.0 Å². The largest absolute Gasteiger partial charge is 0.469 e. The van der Waals surface area contributed by atoms with Gasteiger partial charge in [0.25, 0.3) is 0 Å². The van der Waals surface area contributed by atoms with E-state index in [2.05, 4.69) is 21.2 Å². The fourth-order valence-corrected chi connectivity index (χ4v) is 3.47. The van der Waals surface area contributed by atoms with Crippen LogP contribution >= 0.6 is 38.9 Å². The molecule has 16 heavy (non-hydrogen) atoms. The lowest BCUT2D eigenvalue weighted by atomic mass is 10.1. The summed E-state index contributed by atoms with van der Waals surface area (Å²) in [6.45, 7) is 1.94. The number of hydrogen-bond donors (Lipinski definition) is 1. The molecule has 0 amide bonds.